The van der Waals surface area contributed by atoms with E-state index in [-0.39, 0.29) is 0 Å². The fourth-order valence-electron chi connectivity index (χ4n) is 2.55. The van der Waals surface area contributed by atoms with Crippen LogP contribution in [0.4, 0.5) is 5.69 Å². The predicted molar refractivity (Wildman–Crippen MR) is 76.1 cm³/mol. The summed E-state index contributed by atoms with van der Waals surface area (Å²) in [5, 5.41) is 0. The van der Waals surface area contributed by atoms with Gasteiger partial charge in [0.1, 0.15) is 0 Å². The highest BCUT2D eigenvalue weighted by molar-refractivity contribution is 5.46. The molecular weight excluding hydrogens is 224 g/mol. The first kappa shape index (κ1) is 13.4. The number of nitrogens with two attached hydrogens (primary N) is 1. The molecule has 3 heteroatoms. The van der Waals surface area contributed by atoms with Crippen LogP contribution in [0.2, 0.25) is 0 Å². The number of hydrogen-bond donors (Lipinski definition) is 1. The van der Waals surface area contributed by atoms with Crippen molar-refractivity contribution in [3.05, 3.63) is 29.8 Å². The van der Waals surface area contributed by atoms with E-state index >= 15 is 0 Å². The number of hydrogen-bond acceptors (Lipinski definition) is 3. The molecular formula is C15H24N2O. The molecule has 1 heterocycles. The normalized spacial score (nSPS) is 19.1. The lowest BCUT2D eigenvalue weighted by molar-refractivity contribution is -0.108. The van der Waals surface area contributed by atoms with Gasteiger partial charge in [-0.1, -0.05) is 19.1 Å². The third-order valence-electron chi connectivity index (χ3n) is 3.81. The Bertz CT molecular complexity index is 382. The van der Waals surface area contributed by atoms with Gasteiger partial charge in [-0.25, -0.2) is 0 Å². The van der Waals surface area contributed by atoms with E-state index in [2.05, 4.69) is 50.2 Å². The number of rotatable bonds is 5. The molecule has 0 radical (unpaired) electrons. The lowest BCUT2D eigenvalue weighted by atomic mass is 9.77. The maximum Gasteiger partial charge on any atom is 0.0542 e. The van der Waals surface area contributed by atoms with Crippen molar-refractivity contribution >= 4 is 5.69 Å². The Morgan fingerprint density at radius 2 is 1.89 bits per heavy atom. The molecule has 0 aliphatic carbocycles. The third-order valence-corrected chi connectivity index (χ3v) is 3.81. The Kier molecular flexibility index (Phi) is 3.93. The second kappa shape index (κ2) is 5.29. The van der Waals surface area contributed by atoms with Gasteiger partial charge in [0.25, 0.3) is 0 Å². The van der Waals surface area contributed by atoms with Gasteiger partial charge in [-0.3, -0.25) is 0 Å². The van der Waals surface area contributed by atoms with E-state index in [9.17, 15) is 0 Å². The monoisotopic (exact) mass is 248 g/mol. The van der Waals surface area contributed by atoms with E-state index in [0.717, 1.165) is 19.6 Å². The summed E-state index contributed by atoms with van der Waals surface area (Å²) >= 11 is 0. The maximum absolute atomic E-state index is 5.94. The molecule has 0 bridgehead atoms. The van der Waals surface area contributed by atoms with Gasteiger partial charge in [0, 0.05) is 25.2 Å². The molecule has 0 spiro atoms. The van der Waals surface area contributed by atoms with Crippen molar-refractivity contribution in [3.63, 3.8) is 0 Å². The molecule has 1 atom stereocenters. The van der Waals surface area contributed by atoms with Crippen LogP contribution in [0.1, 0.15) is 24.8 Å². The molecule has 1 fully saturated rings. The standard InChI is InChI=1S/C15H24N2O/c1-15(10-18-11-15)8-13(9-16)12-4-6-14(7-5-12)17(2)3/h4-7,13H,8-11,16H2,1-3H3. The first-order valence-corrected chi connectivity index (χ1v) is 6.59. The molecule has 0 aromatic heterocycles. The summed E-state index contributed by atoms with van der Waals surface area (Å²) in [4.78, 5) is 2.11. The predicted octanol–water partition coefficient (Wildman–Crippen LogP) is 2.22. The smallest absolute Gasteiger partial charge is 0.0542 e. The van der Waals surface area contributed by atoms with Gasteiger partial charge in [-0.15, -0.1) is 0 Å². The van der Waals surface area contributed by atoms with Crippen molar-refractivity contribution in [2.75, 3.05) is 38.8 Å². The largest absolute Gasteiger partial charge is 0.380 e. The lowest BCUT2D eigenvalue weighted by Gasteiger charge is -2.40. The first-order valence-electron chi connectivity index (χ1n) is 6.59. The SMILES string of the molecule is CN(C)c1ccc(C(CN)CC2(C)COC2)cc1. The van der Waals surface area contributed by atoms with Crippen LogP contribution in [-0.2, 0) is 4.74 Å². The van der Waals surface area contributed by atoms with Gasteiger partial charge in [-0.05, 0) is 36.6 Å². The minimum atomic E-state index is 0.324. The Labute approximate surface area is 110 Å². The van der Waals surface area contributed by atoms with Crippen molar-refractivity contribution in [2.45, 2.75) is 19.3 Å². The molecule has 18 heavy (non-hydrogen) atoms. The highest BCUT2D eigenvalue weighted by Gasteiger charge is 2.35. The van der Waals surface area contributed by atoms with Gasteiger partial charge in [-0.2, -0.15) is 0 Å². The summed E-state index contributed by atoms with van der Waals surface area (Å²) in [5.74, 6) is 0.440. The number of nitrogens with zero attached hydrogens (tertiary/aromatic N) is 1. The highest BCUT2D eigenvalue weighted by Crippen LogP contribution is 2.37. The van der Waals surface area contributed by atoms with Gasteiger partial charge < -0.3 is 15.4 Å². The van der Waals surface area contributed by atoms with Crippen LogP contribution in [0.3, 0.4) is 0 Å². The molecule has 1 aliphatic heterocycles. The summed E-state index contributed by atoms with van der Waals surface area (Å²) in [5.41, 5.74) is 8.83. The third kappa shape index (κ3) is 2.85. The van der Waals surface area contributed by atoms with Gasteiger partial charge in [0.05, 0.1) is 13.2 Å². The average molecular weight is 248 g/mol. The first-order chi connectivity index (χ1) is 8.54. The molecule has 1 aromatic carbocycles. The number of anilines is 1. The molecule has 0 amide bonds. The molecule has 2 N–H and O–H groups in total. The zero-order chi connectivity index (χ0) is 13.2. The van der Waals surface area contributed by atoms with Gasteiger partial charge in [0.15, 0.2) is 0 Å². The molecule has 1 unspecified atom stereocenters. The van der Waals surface area contributed by atoms with E-state index in [4.69, 9.17) is 10.5 Å². The van der Waals surface area contributed by atoms with Crippen molar-refractivity contribution in [3.8, 4) is 0 Å². The fraction of sp³-hybridized carbons (Fsp3) is 0.600. The summed E-state index contributed by atoms with van der Waals surface area (Å²) in [6.07, 6.45) is 1.12. The van der Waals surface area contributed by atoms with Crippen molar-refractivity contribution in [1.82, 2.24) is 0 Å². The topological polar surface area (TPSA) is 38.5 Å². The van der Waals surface area contributed by atoms with Crippen LogP contribution < -0.4 is 10.6 Å². The Morgan fingerprint density at radius 1 is 1.28 bits per heavy atom. The minimum Gasteiger partial charge on any atom is -0.380 e. The molecule has 2 rings (SSSR count). The van der Waals surface area contributed by atoms with Crippen LogP contribution in [0.25, 0.3) is 0 Å². The zero-order valence-corrected chi connectivity index (χ0v) is 11.6. The Balaban J connectivity index is 2.07. The highest BCUT2D eigenvalue weighted by atomic mass is 16.5. The Morgan fingerprint density at radius 3 is 2.28 bits per heavy atom. The molecule has 1 aliphatic rings. The van der Waals surface area contributed by atoms with Gasteiger partial charge in [0.2, 0.25) is 0 Å². The number of benzene rings is 1. The van der Waals surface area contributed by atoms with E-state index < -0.39 is 0 Å². The zero-order valence-electron chi connectivity index (χ0n) is 11.6. The van der Waals surface area contributed by atoms with Crippen molar-refractivity contribution in [1.29, 1.82) is 0 Å². The number of ether oxygens (including phenoxy) is 1. The van der Waals surface area contributed by atoms with E-state index in [1.165, 1.54) is 11.3 Å². The summed E-state index contributed by atoms with van der Waals surface area (Å²) in [6.45, 7) is 4.74. The second-order valence-corrected chi connectivity index (χ2v) is 5.93. The fourth-order valence-corrected chi connectivity index (χ4v) is 2.55. The van der Waals surface area contributed by atoms with Crippen molar-refractivity contribution in [2.24, 2.45) is 11.1 Å². The van der Waals surface area contributed by atoms with Gasteiger partial charge >= 0.3 is 0 Å². The van der Waals surface area contributed by atoms with Crippen LogP contribution in [0, 0.1) is 5.41 Å². The summed E-state index contributed by atoms with van der Waals surface area (Å²) in [6, 6.07) is 8.74. The molecule has 1 aromatic rings. The van der Waals surface area contributed by atoms with E-state index in [1.807, 2.05) is 0 Å². The molecule has 3 nitrogen and oxygen atoms in total. The molecule has 1 saturated heterocycles. The van der Waals surface area contributed by atoms with Crippen LogP contribution in [0.15, 0.2) is 24.3 Å². The van der Waals surface area contributed by atoms with Crippen molar-refractivity contribution < 1.29 is 4.74 Å². The van der Waals surface area contributed by atoms with E-state index in [0.29, 0.717) is 17.9 Å². The summed E-state index contributed by atoms with van der Waals surface area (Å²) < 4.78 is 5.32. The Hall–Kier alpha value is -1.06. The van der Waals surface area contributed by atoms with Crippen LogP contribution in [-0.4, -0.2) is 33.9 Å². The minimum absolute atomic E-state index is 0.324. The molecule has 100 valence electrons. The lowest BCUT2D eigenvalue weighted by Crippen LogP contribution is -2.41. The van der Waals surface area contributed by atoms with Crippen LogP contribution >= 0.6 is 0 Å². The van der Waals surface area contributed by atoms with E-state index in [1.54, 1.807) is 0 Å². The molecule has 0 saturated carbocycles. The average Bonchev–Trinajstić information content (AvgIpc) is 2.34. The quantitative estimate of drug-likeness (QED) is 0.868. The summed E-state index contributed by atoms with van der Waals surface area (Å²) in [7, 11) is 4.12. The van der Waals surface area contributed by atoms with Crippen LogP contribution in [0.5, 0.6) is 0 Å². The maximum atomic E-state index is 5.94. The second-order valence-electron chi connectivity index (χ2n) is 5.93.